The molecule has 1 saturated heterocycles. The van der Waals surface area contributed by atoms with Crippen LogP contribution < -0.4 is 0 Å². The average molecular weight is 286 g/mol. The molecule has 1 atom stereocenters. The summed E-state index contributed by atoms with van der Waals surface area (Å²) in [6, 6.07) is 1.91. The molecule has 21 heavy (non-hydrogen) atoms. The third-order valence-electron chi connectivity index (χ3n) is 3.71. The van der Waals surface area contributed by atoms with Gasteiger partial charge in [0, 0.05) is 18.2 Å². The quantitative estimate of drug-likeness (QED) is 0.714. The summed E-state index contributed by atoms with van der Waals surface area (Å²) in [5, 5.41) is 8.87. The normalized spacial score (nSPS) is 18.7. The predicted molar refractivity (Wildman–Crippen MR) is 72.7 cm³/mol. The van der Waals surface area contributed by atoms with Gasteiger partial charge in [-0.25, -0.2) is 4.98 Å². The lowest BCUT2D eigenvalue weighted by Gasteiger charge is -1.99. The van der Waals surface area contributed by atoms with E-state index >= 15 is 0 Å². The fraction of sp³-hybridized carbons (Fsp3) is 0.429. The van der Waals surface area contributed by atoms with Crippen LogP contribution >= 0.6 is 0 Å². The van der Waals surface area contributed by atoms with E-state index in [2.05, 4.69) is 20.3 Å². The van der Waals surface area contributed by atoms with Crippen molar-refractivity contribution in [2.75, 3.05) is 13.2 Å². The Bertz CT molecular complexity index is 802. The molecule has 3 aromatic heterocycles. The fourth-order valence-corrected chi connectivity index (χ4v) is 2.63. The highest BCUT2D eigenvalue weighted by molar-refractivity contribution is 5.91. The fourth-order valence-electron chi connectivity index (χ4n) is 2.63. The number of fused-ring (bicyclic) bond motifs is 1. The number of pyridine rings is 1. The Hall–Kier alpha value is -2.28. The van der Waals surface area contributed by atoms with Crippen molar-refractivity contribution in [2.45, 2.75) is 26.2 Å². The molecule has 0 aromatic carbocycles. The summed E-state index contributed by atoms with van der Waals surface area (Å²) < 4.78 is 16.0. The molecule has 7 heteroatoms. The molecule has 4 heterocycles. The molecular weight excluding hydrogens is 272 g/mol. The van der Waals surface area contributed by atoms with Crippen LogP contribution in [0.3, 0.4) is 0 Å². The molecule has 0 aliphatic carbocycles. The number of aryl methyl sites for hydroxylation is 2. The zero-order valence-corrected chi connectivity index (χ0v) is 11.8. The van der Waals surface area contributed by atoms with Gasteiger partial charge in [-0.05, 0) is 26.3 Å². The van der Waals surface area contributed by atoms with Crippen LogP contribution in [0, 0.1) is 13.8 Å². The van der Waals surface area contributed by atoms with Crippen LogP contribution in [0.5, 0.6) is 0 Å². The highest BCUT2D eigenvalue weighted by Crippen LogP contribution is 2.31. The predicted octanol–water partition coefficient (Wildman–Crippen LogP) is 2.39. The van der Waals surface area contributed by atoms with Crippen molar-refractivity contribution in [1.29, 1.82) is 0 Å². The van der Waals surface area contributed by atoms with Crippen molar-refractivity contribution in [3.05, 3.63) is 23.3 Å². The van der Waals surface area contributed by atoms with E-state index < -0.39 is 0 Å². The van der Waals surface area contributed by atoms with Gasteiger partial charge in [0.2, 0.25) is 0 Å². The minimum Gasteiger partial charge on any atom is -0.381 e. The van der Waals surface area contributed by atoms with Crippen molar-refractivity contribution in [3.63, 3.8) is 0 Å². The largest absolute Gasteiger partial charge is 0.381 e. The van der Waals surface area contributed by atoms with Crippen molar-refractivity contribution in [1.82, 2.24) is 20.3 Å². The Morgan fingerprint density at radius 3 is 2.86 bits per heavy atom. The molecule has 0 bridgehead atoms. The van der Waals surface area contributed by atoms with Crippen LogP contribution in [0.1, 0.15) is 29.6 Å². The van der Waals surface area contributed by atoms with E-state index in [-0.39, 0.29) is 5.92 Å². The number of rotatable bonds is 2. The summed E-state index contributed by atoms with van der Waals surface area (Å²) in [5.74, 6) is 1.38. The molecule has 1 aliphatic heterocycles. The van der Waals surface area contributed by atoms with Crippen LogP contribution in [-0.2, 0) is 4.74 Å². The van der Waals surface area contributed by atoms with E-state index in [1.807, 2.05) is 19.9 Å². The van der Waals surface area contributed by atoms with Crippen LogP contribution in [0.4, 0.5) is 0 Å². The maximum absolute atomic E-state index is 5.44. The van der Waals surface area contributed by atoms with Crippen LogP contribution in [-0.4, -0.2) is 33.5 Å². The maximum Gasteiger partial charge on any atom is 0.258 e. The Kier molecular flexibility index (Phi) is 2.75. The van der Waals surface area contributed by atoms with Gasteiger partial charge in [-0.1, -0.05) is 10.3 Å². The highest BCUT2D eigenvalue weighted by Gasteiger charge is 2.25. The molecule has 7 nitrogen and oxygen atoms in total. The van der Waals surface area contributed by atoms with Gasteiger partial charge in [0.05, 0.1) is 23.3 Å². The highest BCUT2D eigenvalue weighted by atomic mass is 16.5. The number of ether oxygens (including phenoxy) is 1. The first kappa shape index (κ1) is 12.5. The lowest BCUT2D eigenvalue weighted by molar-refractivity contribution is 0.192. The van der Waals surface area contributed by atoms with E-state index in [0.717, 1.165) is 35.4 Å². The molecule has 1 unspecified atom stereocenters. The maximum atomic E-state index is 5.44. The number of hydrogen-bond donors (Lipinski definition) is 0. The minimum absolute atomic E-state index is 0.212. The Morgan fingerprint density at radius 2 is 2.05 bits per heavy atom. The number of nitrogens with zero attached hydrogens (tertiary/aromatic N) is 4. The molecule has 108 valence electrons. The topological polar surface area (TPSA) is 87.1 Å². The molecule has 0 spiro atoms. The summed E-state index contributed by atoms with van der Waals surface area (Å²) in [5.41, 5.74) is 2.88. The molecule has 0 radical (unpaired) electrons. The number of hydrogen-bond acceptors (Lipinski definition) is 7. The molecule has 0 saturated carbocycles. The Labute approximate surface area is 120 Å². The lowest BCUT2D eigenvalue weighted by atomic mass is 10.1. The van der Waals surface area contributed by atoms with Gasteiger partial charge in [-0.15, -0.1) is 0 Å². The van der Waals surface area contributed by atoms with E-state index in [9.17, 15) is 0 Å². The van der Waals surface area contributed by atoms with Gasteiger partial charge < -0.3 is 13.8 Å². The summed E-state index contributed by atoms with van der Waals surface area (Å²) >= 11 is 0. The summed E-state index contributed by atoms with van der Waals surface area (Å²) in [4.78, 5) is 8.85. The second kappa shape index (κ2) is 4.63. The van der Waals surface area contributed by atoms with E-state index in [1.165, 1.54) is 0 Å². The SMILES string of the molecule is Cc1cc(-c2nc(C3CCOC3)no2)c2c(C)noc2n1. The molecule has 4 rings (SSSR count). The van der Waals surface area contributed by atoms with E-state index in [0.29, 0.717) is 24.0 Å². The smallest absolute Gasteiger partial charge is 0.258 e. The zero-order valence-electron chi connectivity index (χ0n) is 11.8. The van der Waals surface area contributed by atoms with Crippen LogP contribution in [0.2, 0.25) is 0 Å². The Balaban J connectivity index is 1.84. The molecule has 1 aliphatic rings. The minimum atomic E-state index is 0.212. The van der Waals surface area contributed by atoms with Gasteiger partial charge in [0.1, 0.15) is 0 Å². The standard InChI is InChI=1S/C14H14N4O3/c1-7-5-10(11-8(2)17-21-14(11)15-7)13-16-12(18-20-13)9-3-4-19-6-9/h5,9H,3-4,6H2,1-2H3. The van der Waals surface area contributed by atoms with E-state index in [4.69, 9.17) is 13.8 Å². The molecule has 3 aromatic rings. The van der Waals surface area contributed by atoms with Gasteiger partial charge >= 0.3 is 0 Å². The van der Waals surface area contributed by atoms with Crippen molar-refractivity contribution in [2.24, 2.45) is 0 Å². The second-order valence-corrected chi connectivity index (χ2v) is 5.28. The van der Waals surface area contributed by atoms with Crippen molar-refractivity contribution >= 4 is 11.1 Å². The first-order valence-electron chi connectivity index (χ1n) is 6.87. The monoisotopic (exact) mass is 286 g/mol. The second-order valence-electron chi connectivity index (χ2n) is 5.28. The molecule has 0 amide bonds. The molecular formula is C14H14N4O3. The average Bonchev–Trinajstić information content (AvgIpc) is 3.17. The summed E-state index contributed by atoms with van der Waals surface area (Å²) in [6.45, 7) is 5.16. The van der Waals surface area contributed by atoms with Crippen molar-refractivity contribution < 1.29 is 13.8 Å². The van der Waals surface area contributed by atoms with E-state index in [1.54, 1.807) is 0 Å². The Morgan fingerprint density at radius 1 is 1.14 bits per heavy atom. The van der Waals surface area contributed by atoms with Gasteiger partial charge in [0.15, 0.2) is 5.82 Å². The number of aromatic nitrogens is 4. The third-order valence-corrected chi connectivity index (χ3v) is 3.71. The molecule has 1 fully saturated rings. The van der Waals surface area contributed by atoms with Crippen molar-refractivity contribution in [3.8, 4) is 11.5 Å². The van der Waals surface area contributed by atoms with Crippen LogP contribution in [0.15, 0.2) is 15.1 Å². The lowest BCUT2D eigenvalue weighted by Crippen LogP contribution is -1.99. The third kappa shape index (κ3) is 2.01. The van der Waals surface area contributed by atoms with Gasteiger partial charge in [-0.2, -0.15) is 4.98 Å². The zero-order chi connectivity index (χ0) is 14.4. The summed E-state index contributed by atoms with van der Waals surface area (Å²) in [7, 11) is 0. The van der Waals surface area contributed by atoms with Gasteiger partial charge in [0.25, 0.3) is 11.6 Å². The summed E-state index contributed by atoms with van der Waals surface area (Å²) in [6.07, 6.45) is 0.927. The van der Waals surface area contributed by atoms with Gasteiger partial charge in [-0.3, -0.25) is 0 Å². The molecule has 0 N–H and O–H groups in total. The first-order valence-corrected chi connectivity index (χ1v) is 6.87. The van der Waals surface area contributed by atoms with Crippen LogP contribution in [0.25, 0.3) is 22.6 Å². The first-order chi connectivity index (χ1) is 10.2.